The number of benzene rings is 1. The van der Waals surface area contributed by atoms with Crippen LogP contribution in [-0.4, -0.2) is 42.2 Å². The molecule has 0 radical (unpaired) electrons. The fourth-order valence-electron chi connectivity index (χ4n) is 2.45. The summed E-state index contributed by atoms with van der Waals surface area (Å²) < 4.78 is 31.8. The van der Waals surface area contributed by atoms with Crippen LogP contribution in [0.1, 0.15) is 0 Å². The van der Waals surface area contributed by atoms with Gasteiger partial charge in [-0.3, -0.25) is 14.9 Å². The third-order valence-corrected chi connectivity index (χ3v) is 4.76. The van der Waals surface area contributed by atoms with Gasteiger partial charge in [0.2, 0.25) is 6.29 Å². The van der Waals surface area contributed by atoms with Crippen LogP contribution in [0.25, 0.3) is 0 Å². The number of nitro benzene ring substituents is 1. The van der Waals surface area contributed by atoms with Crippen molar-refractivity contribution in [3.8, 4) is 5.75 Å². The van der Waals surface area contributed by atoms with Gasteiger partial charge in [-0.1, -0.05) is 0 Å². The van der Waals surface area contributed by atoms with E-state index in [1.807, 2.05) is 0 Å². The first kappa shape index (κ1) is 21.0. The molecule has 1 aliphatic rings. The summed E-state index contributed by atoms with van der Waals surface area (Å²) in [6, 6.07) is 5.66. The van der Waals surface area contributed by atoms with Crippen molar-refractivity contribution < 1.29 is 28.0 Å². The van der Waals surface area contributed by atoms with Gasteiger partial charge in [0.15, 0.2) is 6.10 Å². The third-order valence-electron chi connectivity index (χ3n) is 3.63. The predicted octanol–water partition coefficient (Wildman–Crippen LogP) is 2.55. The van der Waals surface area contributed by atoms with Gasteiger partial charge in [0, 0.05) is 40.5 Å². The molecule has 1 fully saturated rings. The van der Waals surface area contributed by atoms with Crippen LogP contribution in [0, 0.1) is 10.1 Å². The predicted molar refractivity (Wildman–Crippen MR) is 102 cm³/mol. The van der Waals surface area contributed by atoms with Gasteiger partial charge < -0.3 is 23.0 Å². The van der Waals surface area contributed by atoms with Gasteiger partial charge in [-0.25, -0.2) is 0 Å². The van der Waals surface area contributed by atoms with E-state index in [0.29, 0.717) is 12.3 Å². The van der Waals surface area contributed by atoms with Crippen molar-refractivity contribution in [2.75, 3.05) is 6.54 Å². The number of non-ortho nitro benzene ring substituents is 1. The molecular weight excluding hydrogens is 408 g/mol. The first-order chi connectivity index (χ1) is 12.0. The number of rotatable bonds is 8. The fourth-order valence-corrected chi connectivity index (χ4v) is 3.56. The van der Waals surface area contributed by atoms with Crippen molar-refractivity contribution in [2.45, 2.75) is 30.7 Å². The normalized spacial score (nSPS) is 29.2. The lowest BCUT2D eigenvalue weighted by Crippen LogP contribution is -2.60. The highest BCUT2D eigenvalue weighted by atomic mass is 31.0. The number of hydrogen-bond donors (Lipinski definition) is 0. The van der Waals surface area contributed by atoms with Gasteiger partial charge in [0.25, 0.3) is 5.69 Å². The Balaban J connectivity index is 2.21. The lowest BCUT2D eigenvalue weighted by atomic mass is 9.99. The van der Waals surface area contributed by atoms with Crippen LogP contribution in [0.4, 0.5) is 5.69 Å². The average molecular weight is 426 g/mol. The van der Waals surface area contributed by atoms with E-state index in [-0.39, 0.29) is 5.69 Å². The molecule has 1 saturated heterocycles. The van der Waals surface area contributed by atoms with E-state index in [2.05, 4.69) is 42.2 Å². The van der Waals surface area contributed by atoms with Crippen LogP contribution in [0.15, 0.2) is 29.0 Å². The Morgan fingerprint density at radius 1 is 1.12 bits per heavy atom. The molecule has 0 N–H and O–H groups in total. The van der Waals surface area contributed by atoms with Crippen LogP contribution in [-0.2, 0) is 18.3 Å². The molecule has 0 saturated carbocycles. The maximum Gasteiger partial charge on any atom is 0.269 e. The highest BCUT2D eigenvalue weighted by Gasteiger charge is 2.48. The minimum absolute atomic E-state index is 0.0332. The van der Waals surface area contributed by atoms with Gasteiger partial charge in [-0.2, -0.15) is 0 Å². The topological polar surface area (TPSA) is 102 Å². The summed E-state index contributed by atoms with van der Waals surface area (Å²) in [6.07, 6.45) is -2.91. The average Bonchev–Trinajstić information content (AvgIpc) is 2.61. The Morgan fingerprint density at radius 2 is 1.72 bits per heavy atom. The molecule has 13 heteroatoms. The summed E-state index contributed by atoms with van der Waals surface area (Å²) in [6.45, 7) is 0.296. The van der Waals surface area contributed by atoms with Crippen molar-refractivity contribution >= 4 is 43.1 Å². The molecule has 1 heterocycles. The maximum absolute atomic E-state index is 10.7. The third kappa shape index (κ3) is 5.09. The second-order valence-corrected chi connectivity index (χ2v) is 6.19. The summed E-state index contributed by atoms with van der Waals surface area (Å²) in [7, 11) is 9.58. The Hall–Kier alpha value is -0.350. The van der Waals surface area contributed by atoms with Crippen molar-refractivity contribution in [1.82, 2.24) is 0 Å². The molecule has 0 spiro atoms. The molecule has 8 unspecified atom stereocenters. The van der Waals surface area contributed by atoms with Gasteiger partial charge in [-0.05, 0) is 21.2 Å². The fraction of sp³-hybridized carbons (Fsp3) is 0.500. The standard InChI is InChI=1S/C12H18N2O7P4/c15-14(16)6-1-3-7(4-2-6)17-12-11(21-25)10(20-24)9(19-23)8(18-12)5-13-22/h1-4,8-12,22H,5,23-25H2. The van der Waals surface area contributed by atoms with E-state index in [4.69, 9.17) is 23.0 Å². The van der Waals surface area contributed by atoms with Crippen molar-refractivity contribution in [3.63, 3.8) is 0 Å². The molecule has 0 aromatic heterocycles. The highest BCUT2D eigenvalue weighted by molar-refractivity contribution is 7.10. The van der Waals surface area contributed by atoms with Crippen LogP contribution in [0.2, 0.25) is 0 Å². The molecular formula is C12H18N2O7P4. The molecule has 1 aromatic carbocycles. The summed E-state index contributed by atoms with van der Waals surface area (Å²) in [5, 5.41) is 10.7. The number of nitrogens with zero attached hydrogens (tertiary/aromatic N) is 2. The zero-order valence-electron chi connectivity index (χ0n) is 12.9. The van der Waals surface area contributed by atoms with E-state index >= 15 is 0 Å². The lowest BCUT2D eigenvalue weighted by Gasteiger charge is -2.43. The van der Waals surface area contributed by atoms with E-state index < -0.39 is 35.6 Å². The zero-order chi connectivity index (χ0) is 18.4. The smallest absolute Gasteiger partial charge is 0.269 e. The van der Waals surface area contributed by atoms with E-state index in [1.54, 1.807) is 0 Å². The lowest BCUT2D eigenvalue weighted by molar-refractivity contribution is -0.384. The van der Waals surface area contributed by atoms with E-state index in [9.17, 15) is 10.1 Å². The van der Waals surface area contributed by atoms with Crippen molar-refractivity contribution in [1.29, 1.82) is 0 Å². The monoisotopic (exact) mass is 426 g/mol. The molecule has 1 aliphatic heterocycles. The van der Waals surface area contributed by atoms with Gasteiger partial charge in [0.1, 0.15) is 24.1 Å². The molecule has 25 heavy (non-hydrogen) atoms. The maximum atomic E-state index is 10.7. The van der Waals surface area contributed by atoms with Crippen LogP contribution in [0.3, 0.4) is 0 Å². The van der Waals surface area contributed by atoms with Gasteiger partial charge >= 0.3 is 0 Å². The Kier molecular flexibility index (Phi) is 8.47. The zero-order valence-corrected chi connectivity index (χ0v) is 17.4. The Morgan fingerprint density at radius 3 is 2.20 bits per heavy atom. The second kappa shape index (κ2) is 10.1. The van der Waals surface area contributed by atoms with Crippen molar-refractivity contribution in [3.05, 3.63) is 34.4 Å². The first-order valence-corrected chi connectivity index (χ1v) is 8.88. The quantitative estimate of drug-likeness (QED) is 0.358. The Labute approximate surface area is 153 Å². The van der Waals surface area contributed by atoms with E-state index in [1.165, 1.54) is 24.3 Å². The molecule has 9 nitrogen and oxygen atoms in total. The summed E-state index contributed by atoms with van der Waals surface area (Å²) >= 11 is 0. The van der Waals surface area contributed by atoms with Crippen LogP contribution >= 0.6 is 37.4 Å². The summed E-state index contributed by atoms with van der Waals surface area (Å²) in [4.78, 5) is 10.2. The molecule has 0 bridgehead atoms. The summed E-state index contributed by atoms with van der Waals surface area (Å²) in [5.41, 5.74) is -0.0332. The van der Waals surface area contributed by atoms with E-state index in [0.717, 1.165) is 0 Å². The van der Waals surface area contributed by atoms with Gasteiger partial charge in [-0.15, -0.1) is 0 Å². The minimum atomic E-state index is -0.834. The van der Waals surface area contributed by atoms with Crippen LogP contribution in [0.5, 0.6) is 5.75 Å². The molecule has 138 valence electrons. The number of nitro groups is 1. The molecule has 8 atom stereocenters. The Bertz CT molecular complexity index is 593. The molecule has 0 amide bonds. The number of ether oxygens (including phenoxy) is 2. The SMILES string of the molecule is O=[N+]([O-])c1ccc(OC2OC(CN=P)C(OP)C(OP)C2OP)cc1. The summed E-state index contributed by atoms with van der Waals surface area (Å²) in [5.74, 6) is 0.393. The first-order valence-electron chi connectivity index (χ1n) is 7.02. The molecule has 1 aromatic rings. The minimum Gasteiger partial charge on any atom is -0.462 e. The van der Waals surface area contributed by atoms with Gasteiger partial charge in [0.05, 0.1) is 11.5 Å². The van der Waals surface area contributed by atoms with Crippen molar-refractivity contribution in [2.24, 2.45) is 4.74 Å². The second-order valence-electron chi connectivity index (χ2n) is 5.05. The largest absolute Gasteiger partial charge is 0.462 e. The molecule has 0 aliphatic carbocycles. The highest BCUT2D eigenvalue weighted by Crippen LogP contribution is 2.33. The van der Waals surface area contributed by atoms with Crippen LogP contribution < -0.4 is 4.74 Å². The molecule has 2 rings (SSSR count). The number of hydrogen-bond acceptors (Lipinski definition) is 8.